The van der Waals surface area contributed by atoms with E-state index in [1.807, 2.05) is 6.92 Å². The van der Waals surface area contributed by atoms with Gasteiger partial charge in [0.2, 0.25) is 6.29 Å². The Bertz CT molecular complexity index is 2070. The van der Waals surface area contributed by atoms with Crippen LogP contribution in [0.2, 0.25) is 0 Å². The smallest absolute Gasteiger partial charge is 0.315 e. The van der Waals surface area contributed by atoms with Crippen LogP contribution < -0.4 is 0 Å². The van der Waals surface area contributed by atoms with Crippen LogP contribution in [-0.2, 0) is 42.7 Å². The molecule has 12 N–H and O–H groups in total. The van der Waals surface area contributed by atoms with Gasteiger partial charge in [-0.2, -0.15) is 0 Å². The Labute approximate surface area is 432 Å². The van der Waals surface area contributed by atoms with Crippen molar-refractivity contribution in [1.29, 1.82) is 0 Å². The summed E-state index contributed by atoms with van der Waals surface area (Å²) in [4.78, 5) is 15.0. The van der Waals surface area contributed by atoms with E-state index >= 15 is 4.79 Å². The summed E-state index contributed by atoms with van der Waals surface area (Å²) in [6.45, 7) is 18.1. The normalized spacial score (nSPS) is 54.2. The molecule has 0 aromatic carbocycles. The summed E-state index contributed by atoms with van der Waals surface area (Å²) in [5.41, 5.74) is -0.00872. The van der Waals surface area contributed by atoms with Crippen molar-refractivity contribution in [3.63, 3.8) is 0 Å². The molecular formula is C53H84O21. The molecule has 0 spiro atoms. The Morgan fingerprint density at radius 1 is 0.676 bits per heavy atom. The number of carbonyl (C=O) groups excluding carboxylic acids is 1. The number of allylic oxidation sites excluding steroid dienone is 3. The Morgan fingerprint density at radius 2 is 1.31 bits per heavy atom. The molecular weight excluding hydrogens is 973 g/mol. The SMILES string of the molecule is C=C(C)C1CCC2(C(=O)OC3OC(COC4OC(CO)C(O)C(O)C4O)C(O)C(O)C3O)CCC3(C)C(=CCC4C5(C)CCC(OC6OCC(O)C(O)C6OC6OC(C)C(O)C(O)C6O)C(C)(C)C5CCC43C)C12. The van der Waals surface area contributed by atoms with E-state index in [1.165, 1.54) is 12.5 Å². The van der Waals surface area contributed by atoms with Crippen molar-refractivity contribution >= 4 is 5.97 Å². The predicted molar refractivity (Wildman–Crippen MR) is 255 cm³/mol. The van der Waals surface area contributed by atoms with Crippen LogP contribution in [0.1, 0.15) is 106 Å². The van der Waals surface area contributed by atoms with Crippen LogP contribution in [0.4, 0.5) is 0 Å². The lowest BCUT2D eigenvalue weighted by molar-refractivity contribution is -0.364. The molecule has 422 valence electrons. The fourth-order valence-electron chi connectivity index (χ4n) is 16.2. The minimum Gasteiger partial charge on any atom is -0.432 e. The van der Waals surface area contributed by atoms with Crippen molar-refractivity contribution < 1.29 is 104 Å². The molecule has 9 aliphatic rings. The lowest BCUT2D eigenvalue weighted by Crippen LogP contribution is -2.66. The first kappa shape index (κ1) is 56.9. The van der Waals surface area contributed by atoms with E-state index in [2.05, 4.69) is 47.3 Å². The molecule has 0 radical (unpaired) electrons. The second-order valence-electron chi connectivity index (χ2n) is 24.9. The lowest BCUT2D eigenvalue weighted by Gasteiger charge is -2.70. The van der Waals surface area contributed by atoms with Gasteiger partial charge in [-0.05, 0) is 111 Å². The average molecular weight is 1060 g/mol. The number of rotatable bonds is 11. The molecule has 74 heavy (non-hydrogen) atoms. The van der Waals surface area contributed by atoms with Crippen molar-refractivity contribution in [1.82, 2.24) is 0 Å². The first-order valence-corrected chi connectivity index (χ1v) is 26.9. The monoisotopic (exact) mass is 1060 g/mol. The number of hydrogen-bond acceptors (Lipinski definition) is 21. The van der Waals surface area contributed by atoms with Crippen molar-refractivity contribution in [3.8, 4) is 0 Å². The molecule has 4 heterocycles. The van der Waals surface area contributed by atoms with Gasteiger partial charge in [-0.15, -0.1) is 0 Å². The predicted octanol–water partition coefficient (Wildman–Crippen LogP) is -0.593. The number of carbonyl (C=O) groups is 1. The highest BCUT2D eigenvalue weighted by Gasteiger charge is 2.71. The largest absolute Gasteiger partial charge is 0.432 e. The summed E-state index contributed by atoms with van der Waals surface area (Å²) in [5, 5.41) is 127. The van der Waals surface area contributed by atoms with Crippen molar-refractivity contribution in [3.05, 3.63) is 23.8 Å². The Morgan fingerprint density at radius 3 is 1.99 bits per heavy atom. The summed E-state index contributed by atoms with van der Waals surface area (Å²) >= 11 is 0. The average Bonchev–Trinajstić information content (AvgIpc) is 3.76. The molecule has 21 nitrogen and oxygen atoms in total. The van der Waals surface area contributed by atoms with Crippen LogP contribution in [-0.4, -0.2) is 210 Å². The summed E-state index contributed by atoms with van der Waals surface area (Å²) < 4.78 is 47.7. The molecule has 9 rings (SSSR count). The van der Waals surface area contributed by atoms with Crippen molar-refractivity contribution in [2.24, 2.45) is 50.7 Å². The molecule has 0 aromatic rings. The van der Waals surface area contributed by atoms with E-state index in [0.29, 0.717) is 32.1 Å². The second kappa shape index (κ2) is 20.7. The second-order valence-corrected chi connectivity index (χ2v) is 24.9. The van der Waals surface area contributed by atoms with E-state index in [-0.39, 0.29) is 52.6 Å². The van der Waals surface area contributed by atoms with Gasteiger partial charge in [0.25, 0.3) is 0 Å². The first-order valence-electron chi connectivity index (χ1n) is 26.9. The molecule has 28 atom stereocenters. The highest BCUT2D eigenvalue weighted by atomic mass is 16.8. The molecule has 0 bridgehead atoms. The fraction of sp³-hybridized carbons (Fsp3) is 0.906. The Balaban J connectivity index is 0.923. The first-order chi connectivity index (χ1) is 34.7. The molecule has 28 unspecified atom stereocenters. The molecule has 4 aliphatic heterocycles. The zero-order valence-corrected chi connectivity index (χ0v) is 43.7. The number of aliphatic hydroxyl groups is 12. The summed E-state index contributed by atoms with van der Waals surface area (Å²) in [6, 6.07) is 0. The topological polar surface area (TPSA) is 334 Å². The van der Waals surface area contributed by atoms with E-state index in [1.54, 1.807) is 0 Å². The van der Waals surface area contributed by atoms with Gasteiger partial charge in [-0.3, -0.25) is 4.79 Å². The molecule has 8 fully saturated rings. The van der Waals surface area contributed by atoms with Gasteiger partial charge >= 0.3 is 5.97 Å². The van der Waals surface area contributed by atoms with Crippen LogP contribution in [0.15, 0.2) is 23.8 Å². The van der Waals surface area contributed by atoms with Gasteiger partial charge in [0, 0.05) is 5.92 Å². The highest BCUT2D eigenvalue weighted by Crippen LogP contribution is 2.76. The van der Waals surface area contributed by atoms with Crippen LogP contribution in [0, 0.1) is 50.7 Å². The number of aliphatic hydroxyl groups excluding tert-OH is 12. The zero-order chi connectivity index (χ0) is 53.9. The van der Waals surface area contributed by atoms with Gasteiger partial charge < -0.3 is 99.2 Å². The molecule has 5 aliphatic carbocycles. The maximum Gasteiger partial charge on any atom is 0.315 e. The van der Waals surface area contributed by atoms with Gasteiger partial charge in [-0.25, -0.2) is 0 Å². The van der Waals surface area contributed by atoms with Gasteiger partial charge in [0.05, 0.1) is 37.4 Å². The van der Waals surface area contributed by atoms with E-state index in [9.17, 15) is 61.3 Å². The molecule has 0 aromatic heterocycles. The van der Waals surface area contributed by atoms with Crippen LogP contribution in [0.3, 0.4) is 0 Å². The Hall–Kier alpha value is -1.81. The maximum absolute atomic E-state index is 15.0. The number of hydrogen-bond donors (Lipinski definition) is 12. The molecule has 4 saturated heterocycles. The van der Waals surface area contributed by atoms with Gasteiger partial charge in [-0.1, -0.05) is 58.4 Å². The van der Waals surface area contributed by atoms with Crippen molar-refractivity contribution in [2.75, 3.05) is 19.8 Å². The number of ether oxygens (including phenoxy) is 8. The zero-order valence-electron chi connectivity index (χ0n) is 43.7. The number of esters is 1. The van der Waals surface area contributed by atoms with Crippen LogP contribution in [0.5, 0.6) is 0 Å². The highest BCUT2D eigenvalue weighted by molar-refractivity contribution is 5.79. The maximum atomic E-state index is 15.0. The van der Waals surface area contributed by atoms with E-state index in [4.69, 9.17) is 37.9 Å². The van der Waals surface area contributed by atoms with E-state index in [0.717, 1.165) is 31.3 Å². The fourth-order valence-corrected chi connectivity index (χ4v) is 16.2. The Kier molecular flexibility index (Phi) is 15.9. The lowest BCUT2D eigenvalue weighted by atomic mass is 9.34. The van der Waals surface area contributed by atoms with Crippen molar-refractivity contribution in [2.45, 2.75) is 229 Å². The minimum absolute atomic E-state index is 0.0567. The number of fused-ring (bicyclic) bond motifs is 7. The third-order valence-corrected chi connectivity index (χ3v) is 20.8. The summed E-state index contributed by atoms with van der Waals surface area (Å²) in [6.07, 6.45) is -20.3. The molecule has 0 amide bonds. The van der Waals surface area contributed by atoms with Crippen LogP contribution in [0.25, 0.3) is 0 Å². The molecule has 21 heteroatoms. The van der Waals surface area contributed by atoms with Crippen LogP contribution >= 0.6 is 0 Å². The third-order valence-electron chi connectivity index (χ3n) is 20.8. The van der Waals surface area contributed by atoms with Gasteiger partial charge in [0.15, 0.2) is 18.9 Å². The summed E-state index contributed by atoms with van der Waals surface area (Å²) in [7, 11) is 0. The van der Waals surface area contributed by atoms with E-state index < -0.39 is 147 Å². The quantitative estimate of drug-likeness (QED) is 0.0699. The standard InChI is InChI=1S/C53H84O21/c1-22(2)24-11-16-53(48(66)74-46-42(65)39(62)36(59)28(71-46)21-68-44-40(63)38(61)35(58)27(19-54)70-44)18-17-51(7)25(32(24)53)9-10-30-50(6)14-13-31(49(4,5)29(50)12-15-52(30,51)8)72-47-43(34(57)26(55)20-67-47)73-45-41(64)37(60)33(56)23(3)69-45/h9,23-24,26-47,54-65H,1,10-21H2,2-8H3. The van der Waals surface area contributed by atoms with Gasteiger partial charge in [0.1, 0.15) is 85.5 Å². The summed E-state index contributed by atoms with van der Waals surface area (Å²) in [5.74, 6) is -0.519. The minimum atomic E-state index is -1.84. The molecule has 4 saturated carbocycles. The third kappa shape index (κ3) is 9.00.